The fourth-order valence-corrected chi connectivity index (χ4v) is 1.42. The van der Waals surface area contributed by atoms with Crippen LogP contribution >= 0.6 is 15.9 Å². The second-order valence-corrected chi connectivity index (χ2v) is 3.27. The second kappa shape index (κ2) is 3.26. The van der Waals surface area contributed by atoms with Crippen molar-refractivity contribution in [3.05, 3.63) is 10.3 Å². The van der Waals surface area contributed by atoms with E-state index in [0.29, 0.717) is 5.95 Å². The Labute approximate surface area is 74.7 Å². The number of rotatable bonds is 2. The molecule has 0 unspecified atom stereocenters. The van der Waals surface area contributed by atoms with E-state index in [4.69, 9.17) is 5.73 Å². The number of aryl methyl sites for hydroxylation is 1. The number of halogens is 1. The molecule has 0 radical (unpaired) electrons. The quantitative estimate of drug-likeness (QED) is 0.821. The predicted octanol–water partition coefficient (Wildman–Crippen LogP) is 1.72. The van der Waals surface area contributed by atoms with Gasteiger partial charge in [0, 0.05) is 7.05 Å². The zero-order valence-electron chi connectivity index (χ0n) is 6.76. The summed E-state index contributed by atoms with van der Waals surface area (Å²) < 4.78 is 2.84. The highest BCUT2D eigenvalue weighted by Gasteiger charge is 2.07. The van der Waals surface area contributed by atoms with E-state index >= 15 is 0 Å². The van der Waals surface area contributed by atoms with Gasteiger partial charge in [-0.25, -0.2) is 4.98 Å². The van der Waals surface area contributed by atoms with Gasteiger partial charge in [0.1, 0.15) is 4.60 Å². The Morgan fingerprint density at radius 2 is 2.27 bits per heavy atom. The first kappa shape index (κ1) is 8.59. The van der Waals surface area contributed by atoms with Crippen LogP contribution in [0.5, 0.6) is 0 Å². The van der Waals surface area contributed by atoms with Crippen LogP contribution in [-0.4, -0.2) is 9.55 Å². The summed E-state index contributed by atoms with van der Waals surface area (Å²) in [6.45, 7) is 2.12. The average molecular weight is 218 g/mol. The van der Waals surface area contributed by atoms with Gasteiger partial charge in [-0.2, -0.15) is 0 Å². The lowest BCUT2D eigenvalue weighted by Gasteiger charge is -1.94. The molecule has 0 atom stereocenters. The molecular formula is C7H12BrN3. The molecule has 0 aliphatic rings. The molecule has 4 heteroatoms. The van der Waals surface area contributed by atoms with E-state index in [1.54, 1.807) is 0 Å². The van der Waals surface area contributed by atoms with Gasteiger partial charge in [-0.05, 0) is 22.4 Å². The number of nitrogen functional groups attached to an aromatic ring is 1. The van der Waals surface area contributed by atoms with Crippen LogP contribution in [0.3, 0.4) is 0 Å². The molecule has 1 aromatic heterocycles. The van der Waals surface area contributed by atoms with Crippen molar-refractivity contribution < 1.29 is 0 Å². The monoisotopic (exact) mass is 217 g/mol. The van der Waals surface area contributed by atoms with Gasteiger partial charge < -0.3 is 10.3 Å². The third kappa shape index (κ3) is 1.56. The van der Waals surface area contributed by atoms with Gasteiger partial charge in [-0.15, -0.1) is 0 Å². The summed E-state index contributed by atoms with van der Waals surface area (Å²) in [6, 6.07) is 0. The molecule has 0 aliphatic heterocycles. The minimum Gasteiger partial charge on any atom is -0.369 e. The van der Waals surface area contributed by atoms with E-state index in [2.05, 4.69) is 27.8 Å². The highest BCUT2D eigenvalue weighted by molar-refractivity contribution is 9.10. The van der Waals surface area contributed by atoms with Crippen LogP contribution in [-0.2, 0) is 13.5 Å². The topological polar surface area (TPSA) is 43.8 Å². The predicted molar refractivity (Wildman–Crippen MR) is 49.3 cm³/mol. The first-order chi connectivity index (χ1) is 5.16. The lowest BCUT2D eigenvalue weighted by Crippen LogP contribution is -1.96. The molecular weight excluding hydrogens is 206 g/mol. The van der Waals surface area contributed by atoms with E-state index in [0.717, 1.165) is 23.1 Å². The Hall–Kier alpha value is -0.510. The number of nitrogens with zero attached hydrogens (tertiary/aromatic N) is 2. The first-order valence-electron chi connectivity index (χ1n) is 3.63. The largest absolute Gasteiger partial charge is 0.369 e. The maximum absolute atomic E-state index is 5.59. The number of nitrogens with two attached hydrogens (primary N) is 1. The molecule has 0 aliphatic carbocycles. The molecule has 0 fully saturated rings. The van der Waals surface area contributed by atoms with Crippen molar-refractivity contribution in [3.63, 3.8) is 0 Å². The molecule has 62 valence electrons. The van der Waals surface area contributed by atoms with Crippen LogP contribution in [0.2, 0.25) is 0 Å². The standard InChI is InChI=1S/C7H12BrN3/c1-3-4-5-6(8)11(2)7(9)10-5/h3-4H2,1-2H3,(H2,9,10). The highest BCUT2D eigenvalue weighted by atomic mass is 79.9. The molecule has 0 bridgehead atoms. The van der Waals surface area contributed by atoms with Crippen molar-refractivity contribution in [2.24, 2.45) is 7.05 Å². The molecule has 0 saturated carbocycles. The average Bonchev–Trinajstić information content (AvgIpc) is 2.19. The molecule has 0 aromatic carbocycles. The van der Waals surface area contributed by atoms with Crippen molar-refractivity contribution in [1.29, 1.82) is 0 Å². The molecule has 0 saturated heterocycles. The molecule has 0 spiro atoms. The fraction of sp³-hybridized carbons (Fsp3) is 0.571. The zero-order valence-corrected chi connectivity index (χ0v) is 8.35. The zero-order chi connectivity index (χ0) is 8.43. The Balaban J connectivity index is 2.98. The van der Waals surface area contributed by atoms with Crippen LogP contribution in [0.25, 0.3) is 0 Å². The number of imidazole rings is 1. The van der Waals surface area contributed by atoms with Crippen molar-refractivity contribution in [2.45, 2.75) is 19.8 Å². The number of hydrogen-bond acceptors (Lipinski definition) is 2. The number of hydrogen-bond donors (Lipinski definition) is 1. The smallest absolute Gasteiger partial charge is 0.201 e. The van der Waals surface area contributed by atoms with E-state index in [1.165, 1.54) is 0 Å². The highest BCUT2D eigenvalue weighted by Crippen LogP contribution is 2.19. The van der Waals surface area contributed by atoms with Crippen molar-refractivity contribution >= 4 is 21.9 Å². The summed E-state index contributed by atoms with van der Waals surface area (Å²) in [5, 5.41) is 0. The summed E-state index contributed by atoms with van der Waals surface area (Å²) in [7, 11) is 1.89. The van der Waals surface area contributed by atoms with Crippen LogP contribution in [0, 0.1) is 0 Å². The lowest BCUT2D eigenvalue weighted by atomic mass is 10.3. The molecule has 1 heterocycles. The maximum atomic E-state index is 5.59. The third-order valence-corrected chi connectivity index (χ3v) is 2.60. The molecule has 11 heavy (non-hydrogen) atoms. The van der Waals surface area contributed by atoms with Crippen LogP contribution < -0.4 is 5.73 Å². The third-order valence-electron chi connectivity index (χ3n) is 1.61. The normalized spacial score (nSPS) is 10.5. The van der Waals surface area contributed by atoms with Crippen molar-refractivity contribution in [2.75, 3.05) is 5.73 Å². The van der Waals surface area contributed by atoms with E-state index in [9.17, 15) is 0 Å². The van der Waals surface area contributed by atoms with E-state index < -0.39 is 0 Å². The lowest BCUT2D eigenvalue weighted by molar-refractivity contribution is 0.868. The SMILES string of the molecule is CCCc1nc(N)n(C)c1Br. The summed E-state index contributed by atoms with van der Waals surface area (Å²) >= 11 is 3.42. The summed E-state index contributed by atoms with van der Waals surface area (Å²) in [5.41, 5.74) is 6.64. The Bertz CT molecular complexity index is 254. The van der Waals surface area contributed by atoms with Gasteiger partial charge in [-0.3, -0.25) is 0 Å². The molecule has 0 amide bonds. The van der Waals surface area contributed by atoms with Crippen molar-refractivity contribution in [1.82, 2.24) is 9.55 Å². The summed E-state index contributed by atoms with van der Waals surface area (Å²) in [6.07, 6.45) is 2.07. The van der Waals surface area contributed by atoms with E-state index in [-0.39, 0.29) is 0 Å². The Morgan fingerprint density at radius 1 is 1.64 bits per heavy atom. The van der Waals surface area contributed by atoms with Gasteiger partial charge in [0.15, 0.2) is 0 Å². The first-order valence-corrected chi connectivity index (χ1v) is 4.42. The van der Waals surface area contributed by atoms with Crippen LogP contribution in [0.4, 0.5) is 5.95 Å². The molecule has 1 rings (SSSR count). The van der Waals surface area contributed by atoms with Gasteiger partial charge in [0.05, 0.1) is 5.69 Å². The van der Waals surface area contributed by atoms with Crippen molar-refractivity contribution in [3.8, 4) is 0 Å². The van der Waals surface area contributed by atoms with Crippen LogP contribution in [0.1, 0.15) is 19.0 Å². The number of aromatic nitrogens is 2. The second-order valence-electron chi connectivity index (χ2n) is 2.52. The Morgan fingerprint density at radius 3 is 2.64 bits per heavy atom. The maximum Gasteiger partial charge on any atom is 0.201 e. The molecule has 3 nitrogen and oxygen atoms in total. The van der Waals surface area contributed by atoms with Gasteiger partial charge >= 0.3 is 0 Å². The molecule has 2 N–H and O–H groups in total. The van der Waals surface area contributed by atoms with Gasteiger partial charge in [0.2, 0.25) is 5.95 Å². The fourth-order valence-electron chi connectivity index (χ4n) is 0.949. The van der Waals surface area contributed by atoms with Gasteiger partial charge in [-0.1, -0.05) is 13.3 Å². The van der Waals surface area contributed by atoms with Crippen LogP contribution in [0.15, 0.2) is 4.60 Å². The minimum atomic E-state index is 0.570. The Kier molecular flexibility index (Phi) is 2.54. The van der Waals surface area contributed by atoms with E-state index in [1.807, 2.05) is 11.6 Å². The van der Waals surface area contributed by atoms with Gasteiger partial charge in [0.25, 0.3) is 0 Å². The molecule has 1 aromatic rings. The minimum absolute atomic E-state index is 0.570. The number of anilines is 1. The summed E-state index contributed by atoms with van der Waals surface area (Å²) in [4.78, 5) is 4.19. The summed E-state index contributed by atoms with van der Waals surface area (Å²) in [5.74, 6) is 0.570.